The highest BCUT2D eigenvalue weighted by atomic mass is 16.5. The van der Waals surface area contributed by atoms with Gasteiger partial charge in [0.05, 0.1) is 0 Å². The van der Waals surface area contributed by atoms with Gasteiger partial charge in [-0.25, -0.2) is 0 Å². The van der Waals surface area contributed by atoms with Gasteiger partial charge in [0, 0.05) is 11.0 Å². The largest absolute Gasteiger partial charge is 0.425 e. The average Bonchev–Trinajstić information content (AvgIpc) is 3.17. The highest BCUT2D eigenvalue weighted by molar-refractivity contribution is 5.93. The van der Waals surface area contributed by atoms with Crippen molar-refractivity contribution in [3.05, 3.63) is 40.5 Å². The number of aryl methyl sites for hydroxylation is 1. The van der Waals surface area contributed by atoms with Crippen LogP contribution in [0.15, 0.2) is 23.8 Å². The molecule has 0 aromatic heterocycles. The number of hydrogen-bond donors (Lipinski definition) is 0. The number of carbonyl (C=O) groups is 1. The van der Waals surface area contributed by atoms with Gasteiger partial charge in [-0.05, 0) is 133 Å². The van der Waals surface area contributed by atoms with Crippen LogP contribution in [0, 0.1) is 51.2 Å². The molecule has 0 unspecified atom stereocenters. The number of hydrogen-bond acceptors (Lipinski definition) is 2. The Labute approximate surface area is 255 Å². The standard InChI is InChI=1S/C40H56O2/c1-24(2)27-23-39-18-13-32-36(5,6)15-10-17-38(32,8)33(39)20-26(27)22-40(39)29-19-25-11-12-31-35(3,4)14-9-16-37(31,7)28(25)21-30(29)42-34(40)41/h19,21,23-24,26,31-33H,9-18,20,22H2,1-8H3/t26-,31+,32+,33-,37-,38+,39+,40-/m0/s1. The molecule has 4 fully saturated rings. The van der Waals surface area contributed by atoms with Gasteiger partial charge in [0.1, 0.15) is 11.2 Å². The predicted molar refractivity (Wildman–Crippen MR) is 171 cm³/mol. The van der Waals surface area contributed by atoms with Crippen molar-refractivity contribution in [3.8, 4) is 5.75 Å². The Kier molecular flexibility index (Phi) is 5.57. The Balaban J connectivity index is 1.31. The Morgan fingerprint density at radius 1 is 0.810 bits per heavy atom. The van der Waals surface area contributed by atoms with Crippen LogP contribution in [0.4, 0.5) is 0 Å². The highest BCUT2D eigenvalue weighted by Gasteiger charge is 2.74. The summed E-state index contributed by atoms with van der Waals surface area (Å²) >= 11 is 0. The second kappa shape index (κ2) is 8.37. The number of ether oxygens (including phenoxy) is 1. The smallest absolute Gasteiger partial charge is 0.323 e. The van der Waals surface area contributed by atoms with Crippen molar-refractivity contribution < 1.29 is 9.53 Å². The van der Waals surface area contributed by atoms with Crippen molar-refractivity contribution >= 4 is 5.97 Å². The maximum absolute atomic E-state index is 14.7. The molecule has 2 bridgehead atoms. The molecule has 8 aliphatic rings. The first-order chi connectivity index (χ1) is 19.7. The summed E-state index contributed by atoms with van der Waals surface area (Å²) in [5.74, 6) is 4.06. The summed E-state index contributed by atoms with van der Waals surface area (Å²) in [6.45, 7) is 20.1. The van der Waals surface area contributed by atoms with Crippen LogP contribution in [-0.4, -0.2) is 5.97 Å². The number of carbonyl (C=O) groups excluding carboxylic acids is 1. The van der Waals surface area contributed by atoms with Gasteiger partial charge in [0.25, 0.3) is 0 Å². The van der Waals surface area contributed by atoms with E-state index < -0.39 is 5.41 Å². The summed E-state index contributed by atoms with van der Waals surface area (Å²) in [6, 6.07) is 4.95. The molecule has 42 heavy (non-hydrogen) atoms. The van der Waals surface area contributed by atoms with E-state index in [1.54, 1.807) is 5.57 Å². The minimum atomic E-state index is -0.511. The Morgan fingerprint density at radius 2 is 1.52 bits per heavy atom. The van der Waals surface area contributed by atoms with Crippen molar-refractivity contribution in [2.45, 2.75) is 143 Å². The fourth-order valence-corrected chi connectivity index (χ4v) is 14.1. The molecule has 4 saturated carbocycles. The first-order valence-corrected chi connectivity index (χ1v) is 17.8. The maximum Gasteiger partial charge on any atom is 0.323 e. The number of fused-ring (bicyclic) bond motifs is 5. The Morgan fingerprint density at radius 3 is 2.26 bits per heavy atom. The van der Waals surface area contributed by atoms with E-state index in [4.69, 9.17) is 4.74 Å². The number of allylic oxidation sites excluding steroid dienone is 2. The molecule has 2 heteroatoms. The van der Waals surface area contributed by atoms with Crippen LogP contribution < -0.4 is 4.74 Å². The third kappa shape index (κ3) is 3.16. The van der Waals surface area contributed by atoms with E-state index in [0.29, 0.717) is 34.5 Å². The number of benzene rings is 1. The van der Waals surface area contributed by atoms with Crippen LogP contribution >= 0.6 is 0 Å². The zero-order valence-electron chi connectivity index (χ0n) is 27.9. The monoisotopic (exact) mass is 568 g/mol. The van der Waals surface area contributed by atoms with Crippen molar-refractivity contribution in [2.24, 2.45) is 51.2 Å². The molecule has 0 radical (unpaired) electrons. The van der Waals surface area contributed by atoms with Gasteiger partial charge in [-0.2, -0.15) is 0 Å². The average molecular weight is 569 g/mol. The SMILES string of the molecule is CC(C)C1=C[C@]23CC[C@@H]4C(C)(C)CCC[C@@]4(C)[C@@H]2C[C@H]1C[C@]31C(=O)Oc2cc3c(cc21)CC[C@@H]1C(C)(C)CCC[C@@]31C. The molecule has 7 aliphatic carbocycles. The van der Waals surface area contributed by atoms with E-state index in [9.17, 15) is 4.79 Å². The lowest BCUT2D eigenvalue weighted by Gasteiger charge is -2.70. The van der Waals surface area contributed by atoms with Crippen LogP contribution in [0.3, 0.4) is 0 Å². The molecule has 2 nitrogen and oxygen atoms in total. The van der Waals surface area contributed by atoms with Gasteiger partial charge < -0.3 is 4.74 Å². The van der Waals surface area contributed by atoms with E-state index in [1.165, 1.54) is 74.5 Å². The summed E-state index contributed by atoms with van der Waals surface area (Å²) in [7, 11) is 0. The zero-order valence-corrected chi connectivity index (χ0v) is 27.9. The van der Waals surface area contributed by atoms with Crippen molar-refractivity contribution in [1.29, 1.82) is 0 Å². The van der Waals surface area contributed by atoms with Gasteiger partial charge in [-0.3, -0.25) is 4.79 Å². The molecule has 0 amide bonds. The van der Waals surface area contributed by atoms with E-state index >= 15 is 0 Å². The van der Waals surface area contributed by atoms with E-state index in [0.717, 1.165) is 30.9 Å². The molecular formula is C40H56O2. The zero-order chi connectivity index (χ0) is 29.7. The molecule has 1 aliphatic heterocycles. The summed E-state index contributed by atoms with van der Waals surface area (Å²) < 4.78 is 6.58. The molecule has 0 N–H and O–H groups in total. The molecule has 1 aromatic carbocycles. The predicted octanol–water partition coefficient (Wildman–Crippen LogP) is 10.1. The minimum absolute atomic E-state index is 0.0939. The lowest BCUT2D eigenvalue weighted by atomic mass is 9.32. The molecule has 8 atom stereocenters. The van der Waals surface area contributed by atoms with E-state index in [-0.39, 0.29) is 22.2 Å². The Hall–Kier alpha value is -1.57. The number of rotatable bonds is 1. The van der Waals surface area contributed by atoms with Gasteiger partial charge in [0.2, 0.25) is 0 Å². The summed E-state index contributed by atoms with van der Waals surface area (Å²) in [6.07, 6.45) is 17.7. The Bertz CT molecular complexity index is 1390. The van der Waals surface area contributed by atoms with Crippen molar-refractivity contribution in [3.63, 3.8) is 0 Å². The molecule has 2 spiro atoms. The van der Waals surface area contributed by atoms with E-state index in [1.807, 2.05) is 0 Å². The topological polar surface area (TPSA) is 26.3 Å². The molecule has 228 valence electrons. The summed E-state index contributed by atoms with van der Waals surface area (Å²) in [5, 5.41) is 0. The van der Waals surface area contributed by atoms with Crippen LogP contribution in [0.25, 0.3) is 0 Å². The van der Waals surface area contributed by atoms with Crippen molar-refractivity contribution in [1.82, 2.24) is 0 Å². The third-order valence-electron chi connectivity index (χ3n) is 15.7. The molecule has 9 rings (SSSR count). The van der Waals surface area contributed by atoms with Gasteiger partial charge in [-0.15, -0.1) is 0 Å². The first kappa shape index (κ1) is 27.9. The normalized spacial score (nSPS) is 45.8. The second-order valence-electron chi connectivity index (χ2n) is 18.6. The van der Waals surface area contributed by atoms with Crippen LogP contribution in [0.1, 0.15) is 143 Å². The van der Waals surface area contributed by atoms with Crippen molar-refractivity contribution in [2.75, 3.05) is 0 Å². The van der Waals surface area contributed by atoms with Crippen LogP contribution in [-0.2, 0) is 22.0 Å². The van der Waals surface area contributed by atoms with Crippen LogP contribution in [0.2, 0.25) is 0 Å². The molecule has 0 saturated heterocycles. The molecule has 1 heterocycles. The quantitative estimate of drug-likeness (QED) is 0.191. The molecule has 1 aromatic rings. The first-order valence-electron chi connectivity index (χ1n) is 17.8. The second-order valence-corrected chi connectivity index (χ2v) is 18.6. The van der Waals surface area contributed by atoms with Gasteiger partial charge in [0.15, 0.2) is 0 Å². The lowest BCUT2D eigenvalue weighted by Crippen LogP contribution is -2.68. The summed E-state index contributed by atoms with van der Waals surface area (Å²) in [4.78, 5) is 14.7. The lowest BCUT2D eigenvalue weighted by molar-refractivity contribution is -0.185. The van der Waals surface area contributed by atoms with E-state index in [2.05, 4.69) is 73.6 Å². The minimum Gasteiger partial charge on any atom is -0.425 e. The fourth-order valence-electron chi connectivity index (χ4n) is 14.1. The maximum atomic E-state index is 14.7. The highest BCUT2D eigenvalue weighted by Crippen LogP contribution is 2.77. The number of esters is 1. The van der Waals surface area contributed by atoms with Gasteiger partial charge >= 0.3 is 5.97 Å². The van der Waals surface area contributed by atoms with Crippen LogP contribution in [0.5, 0.6) is 5.75 Å². The summed E-state index contributed by atoms with van der Waals surface area (Å²) in [5.41, 5.74) is 6.57. The fraction of sp³-hybridized carbons (Fsp3) is 0.775. The molecular weight excluding hydrogens is 512 g/mol. The van der Waals surface area contributed by atoms with Gasteiger partial charge in [-0.1, -0.05) is 85.9 Å². The third-order valence-corrected chi connectivity index (χ3v) is 15.7.